The first-order valence-electron chi connectivity index (χ1n) is 7.31. The van der Waals surface area contributed by atoms with E-state index in [0.717, 1.165) is 63.6 Å². The molecular weight excluding hydrogens is 270 g/mol. The van der Waals surface area contributed by atoms with Crippen molar-refractivity contribution in [2.24, 2.45) is 0 Å². The van der Waals surface area contributed by atoms with Crippen LogP contribution in [0.2, 0.25) is 0 Å². The molecule has 0 atom stereocenters. The second-order valence-electron chi connectivity index (χ2n) is 5.11. The van der Waals surface area contributed by atoms with Gasteiger partial charge in [-0.25, -0.2) is 0 Å². The van der Waals surface area contributed by atoms with Crippen LogP contribution < -0.4 is 10.2 Å². The van der Waals surface area contributed by atoms with Crippen molar-refractivity contribution >= 4 is 17.3 Å². The molecule has 5 nitrogen and oxygen atoms in total. The smallest absolute Gasteiger partial charge is 0.244 e. The predicted molar refractivity (Wildman–Crippen MR) is 82.4 cm³/mol. The molecule has 0 aromatic carbocycles. The molecule has 3 rings (SSSR count). The Morgan fingerprint density at radius 3 is 3.15 bits per heavy atom. The van der Waals surface area contributed by atoms with Crippen molar-refractivity contribution in [3.63, 3.8) is 0 Å². The first-order valence-corrected chi connectivity index (χ1v) is 8.19. The highest BCUT2D eigenvalue weighted by Gasteiger charge is 2.13. The highest BCUT2D eigenvalue weighted by molar-refractivity contribution is 7.09. The van der Waals surface area contributed by atoms with Gasteiger partial charge in [-0.05, 0) is 37.3 Å². The molecule has 0 aliphatic carbocycles. The molecule has 1 saturated heterocycles. The third kappa shape index (κ3) is 3.58. The van der Waals surface area contributed by atoms with E-state index in [1.807, 2.05) is 11.3 Å². The molecule has 2 N–H and O–H groups in total. The summed E-state index contributed by atoms with van der Waals surface area (Å²) in [5.41, 5.74) is 0. The van der Waals surface area contributed by atoms with Gasteiger partial charge >= 0.3 is 0 Å². The zero-order valence-corrected chi connectivity index (χ0v) is 12.5. The molecule has 1 aliphatic rings. The SMILES string of the molecule is c1csc(CCCc2nc(N3CCCNCC3)n[nH]2)c1. The van der Waals surface area contributed by atoms with Crippen LogP contribution in [-0.4, -0.2) is 41.4 Å². The number of hydrogen-bond acceptors (Lipinski definition) is 5. The number of hydrogen-bond donors (Lipinski definition) is 2. The molecule has 0 spiro atoms. The van der Waals surface area contributed by atoms with Crippen molar-refractivity contribution in [2.75, 3.05) is 31.1 Å². The summed E-state index contributed by atoms with van der Waals surface area (Å²) >= 11 is 1.83. The number of nitrogens with zero attached hydrogens (tertiary/aromatic N) is 3. The highest BCUT2D eigenvalue weighted by atomic mass is 32.1. The van der Waals surface area contributed by atoms with Crippen molar-refractivity contribution in [1.29, 1.82) is 0 Å². The van der Waals surface area contributed by atoms with Crippen LogP contribution in [0.4, 0.5) is 5.95 Å². The van der Waals surface area contributed by atoms with E-state index in [9.17, 15) is 0 Å². The fourth-order valence-corrected chi connectivity index (χ4v) is 3.22. The summed E-state index contributed by atoms with van der Waals surface area (Å²) in [6.45, 7) is 4.14. The first kappa shape index (κ1) is 13.6. The van der Waals surface area contributed by atoms with E-state index in [1.54, 1.807) is 0 Å². The summed E-state index contributed by atoms with van der Waals surface area (Å²) in [5, 5.41) is 13.0. The molecular formula is C14H21N5S. The fraction of sp³-hybridized carbons (Fsp3) is 0.571. The third-order valence-electron chi connectivity index (χ3n) is 3.56. The van der Waals surface area contributed by atoms with Crippen molar-refractivity contribution in [1.82, 2.24) is 20.5 Å². The van der Waals surface area contributed by atoms with E-state index in [-0.39, 0.29) is 0 Å². The average Bonchev–Trinajstić information content (AvgIpc) is 3.06. The van der Waals surface area contributed by atoms with Crippen molar-refractivity contribution in [3.05, 3.63) is 28.2 Å². The van der Waals surface area contributed by atoms with Crippen LogP contribution >= 0.6 is 11.3 Å². The largest absolute Gasteiger partial charge is 0.338 e. The lowest BCUT2D eigenvalue weighted by molar-refractivity contribution is 0.724. The van der Waals surface area contributed by atoms with Crippen molar-refractivity contribution in [2.45, 2.75) is 25.7 Å². The molecule has 3 heterocycles. The Bertz CT molecular complexity index is 499. The predicted octanol–water partition coefficient (Wildman–Crippen LogP) is 1.84. The number of rotatable bonds is 5. The van der Waals surface area contributed by atoms with Gasteiger partial charge in [-0.15, -0.1) is 16.4 Å². The third-order valence-corrected chi connectivity index (χ3v) is 4.50. The Balaban J connectivity index is 1.50. The van der Waals surface area contributed by atoms with E-state index in [1.165, 1.54) is 4.88 Å². The molecule has 0 saturated carbocycles. The number of anilines is 1. The summed E-state index contributed by atoms with van der Waals surface area (Å²) in [6, 6.07) is 4.31. The van der Waals surface area contributed by atoms with Gasteiger partial charge in [-0.1, -0.05) is 6.07 Å². The van der Waals surface area contributed by atoms with E-state index in [0.29, 0.717) is 0 Å². The number of H-pyrrole nitrogens is 1. The van der Waals surface area contributed by atoms with Gasteiger partial charge < -0.3 is 10.2 Å². The monoisotopic (exact) mass is 291 g/mol. The Morgan fingerprint density at radius 2 is 2.25 bits per heavy atom. The van der Waals surface area contributed by atoms with Crippen LogP contribution in [-0.2, 0) is 12.8 Å². The van der Waals surface area contributed by atoms with Gasteiger partial charge in [0.1, 0.15) is 5.82 Å². The molecule has 1 aliphatic heterocycles. The van der Waals surface area contributed by atoms with Crippen LogP contribution in [0.25, 0.3) is 0 Å². The normalized spacial score (nSPS) is 16.3. The zero-order chi connectivity index (χ0) is 13.6. The Morgan fingerprint density at radius 1 is 1.25 bits per heavy atom. The summed E-state index contributed by atoms with van der Waals surface area (Å²) in [7, 11) is 0. The maximum absolute atomic E-state index is 4.63. The molecule has 0 unspecified atom stereocenters. The minimum absolute atomic E-state index is 0.861. The molecule has 1 fully saturated rings. The summed E-state index contributed by atoms with van der Waals surface area (Å²) in [5.74, 6) is 1.87. The van der Waals surface area contributed by atoms with E-state index in [4.69, 9.17) is 0 Å². The lowest BCUT2D eigenvalue weighted by Gasteiger charge is -2.16. The maximum Gasteiger partial charge on any atom is 0.244 e. The Kier molecular flexibility index (Phi) is 4.65. The number of aryl methyl sites for hydroxylation is 2. The maximum atomic E-state index is 4.63. The molecule has 108 valence electrons. The minimum atomic E-state index is 0.861. The quantitative estimate of drug-likeness (QED) is 0.882. The summed E-state index contributed by atoms with van der Waals surface area (Å²) < 4.78 is 0. The van der Waals surface area contributed by atoms with Gasteiger partial charge in [0.25, 0.3) is 0 Å². The second-order valence-corrected chi connectivity index (χ2v) is 6.14. The molecule has 0 amide bonds. The van der Waals surface area contributed by atoms with Gasteiger partial charge in [0, 0.05) is 30.9 Å². The van der Waals surface area contributed by atoms with Crippen LogP contribution in [0, 0.1) is 0 Å². The topological polar surface area (TPSA) is 56.8 Å². The summed E-state index contributed by atoms with van der Waals surface area (Å²) in [4.78, 5) is 8.34. The lowest BCUT2D eigenvalue weighted by Crippen LogP contribution is -2.28. The number of thiophene rings is 1. The Labute approximate surface area is 123 Å². The van der Waals surface area contributed by atoms with Gasteiger partial charge in [0.2, 0.25) is 5.95 Å². The van der Waals surface area contributed by atoms with Crippen LogP contribution in [0.3, 0.4) is 0 Å². The van der Waals surface area contributed by atoms with Crippen molar-refractivity contribution in [3.8, 4) is 0 Å². The lowest BCUT2D eigenvalue weighted by atomic mass is 10.2. The summed E-state index contributed by atoms with van der Waals surface area (Å²) in [6.07, 6.45) is 4.37. The van der Waals surface area contributed by atoms with Crippen molar-refractivity contribution < 1.29 is 0 Å². The molecule has 20 heavy (non-hydrogen) atoms. The van der Waals surface area contributed by atoms with E-state index < -0.39 is 0 Å². The molecule has 0 radical (unpaired) electrons. The van der Waals surface area contributed by atoms with Gasteiger partial charge in [-0.2, -0.15) is 4.98 Å². The van der Waals surface area contributed by atoms with Gasteiger partial charge in [0.05, 0.1) is 0 Å². The molecule has 0 bridgehead atoms. The second kappa shape index (κ2) is 6.85. The number of aromatic amines is 1. The molecule has 2 aromatic rings. The first-order chi connectivity index (χ1) is 9.92. The van der Waals surface area contributed by atoms with Crippen LogP contribution in [0.15, 0.2) is 17.5 Å². The van der Waals surface area contributed by atoms with E-state index in [2.05, 4.69) is 42.9 Å². The zero-order valence-electron chi connectivity index (χ0n) is 11.6. The fourth-order valence-electron chi connectivity index (χ4n) is 2.47. The Hall–Kier alpha value is -1.40. The average molecular weight is 291 g/mol. The van der Waals surface area contributed by atoms with E-state index >= 15 is 0 Å². The van der Waals surface area contributed by atoms with Gasteiger partial charge in [-0.3, -0.25) is 5.10 Å². The minimum Gasteiger partial charge on any atom is -0.338 e. The molecule has 2 aromatic heterocycles. The standard InChI is InChI=1S/C14H21N5S/c1(4-12-5-2-11-20-12)6-13-16-14(18-17-13)19-9-3-7-15-8-10-19/h2,5,11,15H,1,3-4,6-10H2,(H,16,17,18). The number of aromatic nitrogens is 3. The van der Waals surface area contributed by atoms with Gasteiger partial charge in [0.15, 0.2) is 0 Å². The number of nitrogens with one attached hydrogen (secondary N) is 2. The highest BCUT2D eigenvalue weighted by Crippen LogP contribution is 2.13. The molecule has 6 heteroatoms. The van der Waals surface area contributed by atoms with Crippen LogP contribution in [0.5, 0.6) is 0 Å². The van der Waals surface area contributed by atoms with Crippen LogP contribution in [0.1, 0.15) is 23.5 Å².